The molecule has 2 aliphatic carbocycles. The Kier molecular flexibility index (Phi) is 4.59. The van der Waals surface area contributed by atoms with E-state index in [1.165, 1.54) is 12.1 Å². The van der Waals surface area contributed by atoms with Crippen LogP contribution in [0.15, 0.2) is 24.3 Å². The number of benzene rings is 1. The fourth-order valence-electron chi connectivity index (χ4n) is 4.42. The van der Waals surface area contributed by atoms with E-state index in [0.29, 0.717) is 25.4 Å². The number of halogens is 1. The van der Waals surface area contributed by atoms with Crippen LogP contribution in [-0.2, 0) is 11.2 Å². The number of hydrogen-bond donors (Lipinski definition) is 2. The molecule has 140 valence electrons. The van der Waals surface area contributed by atoms with Crippen LogP contribution in [0.25, 0.3) is 0 Å². The molecule has 0 aromatic heterocycles. The van der Waals surface area contributed by atoms with Crippen molar-refractivity contribution < 1.29 is 14.0 Å². The van der Waals surface area contributed by atoms with Gasteiger partial charge in [0.2, 0.25) is 5.91 Å². The summed E-state index contributed by atoms with van der Waals surface area (Å²) in [4.78, 5) is 26.6. The number of likely N-dealkylation sites (tertiary alicyclic amines) is 1. The van der Waals surface area contributed by atoms with Crippen LogP contribution in [0.5, 0.6) is 0 Å². The Hall–Kier alpha value is -2.11. The van der Waals surface area contributed by atoms with Crippen molar-refractivity contribution in [2.45, 2.75) is 69.0 Å². The number of hydrogen-bond acceptors (Lipinski definition) is 2. The maximum atomic E-state index is 13.1. The molecule has 3 amide bonds. The van der Waals surface area contributed by atoms with E-state index < -0.39 is 0 Å². The number of carbonyl (C=O) groups is 2. The monoisotopic (exact) mass is 359 g/mol. The Balaban J connectivity index is 1.36. The molecule has 1 aromatic rings. The number of rotatable bonds is 5. The van der Waals surface area contributed by atoms with Crippen LogP contribution < -0.4 is 10.6 Å². The SMILES string of the molecule is O=C(NC1CC(=O)N(C2CC2)C1)NC1(Cc2ccc(F)cc2)CCCC1. The molecule has 1 aliphatic heterocycles. The van der Waals surface area contributed by atoms with Crippen molar-refractivity contribution in [2.75, 3.05) is 6.54 Å². The van der Waals surface area contributed by atoms with Crippen molar-refractivity contribution in [3.05, 3.63) is 35.6 Å². The molecule has 6 heteroatoms. The van der Waals surface area contributed by atoms with Crippen molar-refractivity contribution in [1.29, 1.82) is 0 Å². The molecular weight excluding hydrogens is 333 g/mol. The van der Waals surface area contributed by atoms with Gasteiger partial charge < -0.3 is 15.5 Å². The largest absolute Gasteiger partial charge is 0.338 e. The third kappa shape index (κ3) is 3.84. The second-order valence-corrected chi connectivity index (χ2v) is 8.07. The van der Waals surface area contributed by atoms with Gasteiger partial charge in [-0.05, 0) is 49.8 Å². The van der Waals surface area contributed by atoms with Crippen LogP contribution >= 0.6 is 0 Å². The van der Waals surface area contributed by atoms with E-state index in [4.69, 9.17) is 0 Å². The molecule has 3 fully saturated rings. The van der Waals surface area contributed by atoms with E-state index in [9.17, 15) is 14.0 Å². The number of urea groups is 1. The zero-order chi connectivity index (χ0) is 18.1. The van der Waals surface area contributed by atoms with Gasteiger partial charge in [0.25, 0.3) is 0 Å². The highest BCUT2D eigenvalue weighted by Crippen LogP contribution is 2.33. The molecule has 0 spiro atoms. The number of carbonyl (C=O) groups excluding carboxylic acids is 2. The van der Waals surface area contributed by atoms with Gasteiger partial charge in [-0.1, -0.05) is 25.0 Å². The molecule has 1 aromatic carbocycles. The second kappa shape index (κ2) is 6.89. The predicted molar refractivity (Wildman–Crippen MR) is 96.1 cm³/mol. The first-order valence-electron chi connectivity index (χ1n) is 9.66. The Morgan fingerprint density at radius 1 is 1.19 bits per heavy atom. The van der Waals surface area contributed by atoms with Crippen molar-refractivity contribution in [2.24, 2.45) is 0 Å². The summed E-state index contributed by atoms with van der Waals surface area (Å²) in [6.45, 7) is 0.627. The fraction of sp³-hybridized carbons (Fsp3) is 0.600. The van der Waals surface area contributed by atoms with Gasteiger partial charge in [-0.2, -0.15) is 0 Å². The molecule has 1 unspecified atom stereocenters. The lowest BCUT2D eigenvalue weighted by Gasteiger charge is -2.31. The molecule has 0 bridgehead atoms. The van der Waals surface area contributed by atoms with Gasteiger partial charge in [0.05, 0.1) is 6.04 Å². The fourth-order valence-corrected chi connectivity index (χ4v) is 4.42. The number of nitrogens with zero attached hydrogens (tertiary/aromatic N) is 1. The van der Waals surface area contributed by atoms with Crippen LogP contribution in [0.3, 0.4) is 0 Å². The summed E-state index contributed by atoms with van der Waals surface area (Å²) in [6, 6.07) is 6.62. The van der Waals surface area contributed by atoms with E-state index in [1.807, 2.05) is 4.90 Å². The minimum absolute atomic E-state index is 0.104. The normalized spacial score (nSPS) is 24.7. The third-order valence-electron chi connectivity index (χ3n) is 5.88. The van der Waals surface area contributed by atoms with E-state index in [0.717, 1.165) is 44.1 Å². The molecule has 2 N–H and O–H groups in total. The highest BCUT2D eigenvalue weighted by atomic mass is 19.1. The molecule has 0 radical (unpaired) electrons. The van der Waals surface area contributed by atoms with Crippen molar-refractivity contribution in [3.63, 3.8) is 0 Å². The van der Waals surface area contributed by atoms with Crippen molar-refractivity contribution >= 4 is 11.9 Å². The molecule has 1 atom stereocenters. The van der Waals surface area contributed by atoms with Gasteiger partial charge in [0.1, 0.15) is 5.82 Å². The smallest absolute Gasteiger partial charge is 0.315 e. The topological polar surface area (TPSA) is 61.4 Å². The van der Waals surface area contributed by atoms with E-state index in [2.05, 4.69) is 10.6 Å². The molecule has 2 saturated carbocycles. The zero-order valence-electron chi connectivity index (χ0n) is 15.0. The van der Waals surface area contributed by atoms with Crippen LogP contribution in [0, 0.1) is 5.82 Å². The van der Waals surface area contributed by atoms with E-state index in [-0.39, 0.29) is 29.3 Å². The predicted octanol–water partition coefficient (Wildman–Crippen LogP) is 2.74. The maximum absolute atomic E-state index is 13.1. The van der Waals surface area contributed by atoms with Gasteiger partial charge in [-0.25, -0.2) is 9.18 Å². The summed E-state index contributed by atoms with van der Waals surface area (Å²) < 4.78 is 13.1. The second-order valence-electron chi connectivity index (χ2n) is 8.07. The van der Waals surface area contributed by atoms with Crippen molar-refractivity contribution in [3.8, 4) is 0 Å². The number of amides is 3. The Labute approximate surface area is 153 Å². The summed E-state index contributed by atoms with van der Waals surface area (Å²) in [5.74, 6) is -0.0919. The number of nitrogens with one attached hydrogen (secondary N) is 2. The van der Waals surface area contributed by atoms with Gasteiger partial charge in [-0.15, -0.1) is 0 Å². The summed E-state index contributed by atoms with van der Waals surface area (Å²) in [6.07, 6.45) is 7.30. The van der Waals surface area contributed by atoms with Crippen LogP contribution in [0.1, 0.15) is 50.5 Å². The summed E-state index contributed by atoms with van der Waals surface area (Å²) in [5, 5.41) is 6.18. The molecule has 1 heterocycles. The zero-order valence-corrected chi connectivity index (χ0v) is 15.0. The molecule has 26 heavy (non-hydrogen) atoms. The van der Waals surface area contributed by atoms with Crippen LogP contribution in [0.2, 0.25) is 0 Å². The van der Waals surface area contributed by atoms with E-state index >= 15 is 0 Å². The van der Waals surface area contributed by atoms with Gasteiger partial charge in [-0.3, -0.25) is 4.79 Å². The summed E-state index contributed by atoms with van der Waals surface area (Å²) in [7, 11) is 0. The minimum Gasteiger partial charge on any atom is -0.338 e. The average molecular weight is 359 g/mol. The molecule has 3 aliphatic rings. The first kappa shape index (κ1) is 17.3. The molecule has 5 nitrogen and oxygen atoms in total. The Morgan fingerprint density at radius 3 is 2.54 bits per heavy atom. The first-order valence-corrected chi connectivity index (χ1v) is 9.66. The Morgan fingerprint density at radius 2 is 1.88 bits per heavy atom. The molecule has 4 rings (SSSR count). The average Bonchev–Trinajstić information content (AvgIpc) is 3.24. The molecule has 1 saturated heterocycles. The first-order chi connectivity index (χ1) is 12.5. The van der Waals surface area contributed by atoms with Crippen molar-refractivity contribution in [1.82, 2.24) is 15.5 Å². The van der Waals surface area contributed by atoms with Gasteiger partial charge >= 0.3 is 6.03 Å². The highest BCUT2D eigenvalue weighted by Gasteiger charge is 2.41. The maximum Gasteiger partial charge on any atom is 0.315 e. The lowest BCUT2D eigenvalue weighted by molar-refractivity contribution is -0.128. The highest BCUT2D eigenvalue weighted by molar-refractivity contribution is 5.82. The third-order valence-corrected chi connectivity index (χ3v) is 5.88. The quantitative estimate of drug-likeness (QED) is 0.849. The standard InChI is InChI=1S/C20H26FN3O2/c21-15-5-3-14(4-6-15)12-20(9-1-2-10-20)23-19(26)22-16-11-18(25)24(13-16)17-7-8-17/h3-6,16-17H,1-2,7-13H2,(H2,22,23,26). The van der Waals surface area contributed by atoms with E-state index in [1.54, 1.807) is 12.1 Å². The summed E-state index contributed by atoms with van der Waals surface area (Å²) in [5.41, 5.74) is 0.755. The van der Waals surface area contributed by atoms with Crippen LogP contribution in [0.4, 0.5) is 9.18 Å². The molecular formula is C20H26FN3O2. The summed E-state index contributed by atoms with van der Waals surface area (Å²) >= 11 is 0. The van der Waals surface area contributed by atoms with Gasteiger partial charge in [0.15, 0.2) is 0 Å². The lowest BCUT2D eigenvalue weighted by Crippen LogP contribution is -2.54. The Bertz CT molecular complexity index is 681. The minimum atomic E-state index is -0.277. The van der Waals surface area contributed by atoms with Gasteiger partial charge in [0, 0.05) is 24.5 Å². The van der Waals surface area contributed by atoms with Crippen LogP contribution in [-0.4, -0.2) is 41.0 Å². The lowest BCUT2D eigenvalue weighted by atomic mass is 9.89.